The molecule has 0 aliphatic heterocycles. The van der Waals surface area contributed by atoms with Crippen LogP contribution in [0.25, 0.3) is 11.0 Å². The maximum Gasteiger partial charge on any atom is 0.293 e. The van der Waals surface area contributed by atoms with Crippen molar-refractivity contribution in [1.82, 2.24) is 16.2 Å². The zero-order chi connectivity index (χ0) is 20.8. The lowest BCUT2D eigenvalue weighted by Crippen LogP contribution is -2.49. The Hall–Kier alpha value is -3.39. The average Bonchev–Trinajstić information content (AvgIpc) is 3.15. The van der Waals surface area contributed by atoms with Gasteiger partial charge in [0.1, 0.15) is 11.3 Å². The van der Waals surface area contributed by atoms with Crippen molar-refractivity contribution in [2.24, 2.45) is 0 Å². The van der Waals surface area contributed by atoms with Crippen molar-refractivity contribution in [1.29, 1.82) is 0 Å². The highest BCUT2D eigenvalue weighted by atomic mass is 32.1. The van der Waals surface area contributed by atoms with Crippen LogP contribution in [0.15, 0.2) is 59.0 Å². The second-order valence-electron chi connectivity index (χ2n) is 6.62. The molecule has 0 unspecified atom stereocenters. The third-order valence-electron chi connectivity index (χ3n) is 4.11. The Labute approximate surface area is 173 Å². The molecule has 0 aliphatic rings. The third kappa shape index (κ3) is 5.55. The summed E-state index contributed by atoms with van der Waals surface area (Å²) >= 11 is 5.01. The lowest BCUT2D eigenvalue weighted by molar-refractivity contribution is -0.123. The molecule has 2 amide bonds. The molecule has 0 fully saturated rings. The zero-order valence-corrected chi connectivity index (χ0v) is 16.8. The fourth-order valence-corrected chi connectivity index (χ4v) is 2.69. The Bertz CT molecular complexity index is 995. The molecule has 3 aromatic rings. The molecule has 0 radical (unpaired) electrons. The third-order valence-corrected chi connectivity index (χ3v) is 4.31. The second-order valence-corrected chi connectivity index (χ2v) is 7.03. The van der Waals surface area contributed by atoms with E-state index in [0.29, 0.717) is 17.3 Å². The molecule has 8 heteroatoms. The van der Waals surface area contributed by atoms with Gasteiger partial charge in [-0.3, -0.25) is 25.8 Å². The first kappa shape index (κ1) is 20.3. The van der Waals surface area contributed by atoms with E-state index in [0.717, 1.165) is 5.39 Å². The highest BCUT2D eigenvalue weighted by Crippen LogP contribution is 2.19. The lowest BCUT2D eigenvalue weighted by atomic mass is 10.0. The van der Waals surface area contributed by atoms with Gasteiger partial charge in [-0.05, 0) is 48.0 Å². The van der Waals surface area contributed by atoms with Crippen LogP contribution in [-0.4, -0.2) is 23.5 Å². The van der Waals surface area contributed by atoms with Crippen molar-refractivity contribution in [3.63, 3.8) is 0 Å². The molecule has 1 heterocycles. The maximum atomic E-state index is 12.2. The Balaban J connectivity index is 1.42. The molecule has 0 saturated heterocycles. The number of amides is 2. The van der Waals surface area contributed by atoms with Gasteiger partial charge in [-0.15, -0.1) is 0 Å². The summed E-state index contributed by atoms with van der Waals surface area (Å²) in [6, 6.07) is 16.4. The van der Waals surface area contributed by atoms with Crippen LogP contribution in [0.4, 0.5) is 0 Å². The van der Waals surface area contributed by atoms with E-state index < -0.39 is 11.8 Å². The smallest absolute Gasteiger partial charge is 0.293 e. The summed E-state index contributed by atoms with van der Waals surface area (Å²) in [7, 11) is 0. The monoisotopic (exact) mass is 411 g/mol. The molecule has 3 rings (SSSR count). The molecule has 0 spiro atoms. The Morgan fingerprint density at radius 3 is 2.48 bits per heavy atom. The number of para-hydroxylation sites is 1. The van der Waals surface area contributed by atoms with Crippen LogP contribution in [0, 0.1) is 0 Å². The number of fused-ring (bicyclic) bond motifs is 1. The number of hydrazine groups is 1. The van der Waals surface area contributed by atoms with Crippen molar-refractivity contribution in [3.8, 4) is 5.75 Å². The van der Waals surface area contributed by atoms with Crippen molar-refractivity contribution >= 4 is 40.1 Å². The molecule has 0 aliphatic carbocycles. The average molecular weight is 411 g/mol. The van der Waals surface area contributed by atoms with E-state index in [1.807, 2.05) is 42.5 Å². The number of furan rings is 1. The van der Waals surface area contributed by atoms with Gasteiger partial charge in [-0.2, -0.15) is 0 Å². The number of rotatable bonds is 5. The summed E-state index contributed by atoms with van der Waals surface area (Å²) in [5.41, 5.74) is 6.61. The molecule has 0 saturated carbocycles. The molecule has 3 N–H and O–H groups in total. The molecule has 1 aromatic heterocycles. The topological polar surface area (TPSA) is 92.6 Å². The molecule has 0 bridgehead atoms. The minimum Gasteiger partial charge on any atom is -0.484 e. The van der Waals surface area contributed by atoms with Gasteiger partial charge in [0.15, 0.2) is 17.5 Å². The summed E-state index contributed by atoms with van der Waals surface area (Å²) in [6.07, 6.45) is 0. The number of hydrogen-bond acceptors (Lipinski definition) is 5. The molecule has 2 aromatic carbocycles. The minimum absolute atomic E-state index is 0.0647. The van der Waals surface area contributed by atoms with Gasteiger partial charge in [0.05, 0.1) is 0 Å². The molecule has 7 nitrogen and oxygen atoms in total. The summed E-state index contributed by atoms with van der Waals surface area (Å²) in [5.74, 6) is 0.167. The number of ether oxygens (including phenoxy) is 1. The van der Waals surface area contributed by atoms with Crippen LogP contribution < -0.4 is 20.9 Å². The van der Waals surface area contributed by atoms with Gasteiger partial charge >= 0.3 is 0 Å². The van der Waals surface area contributed by atoms with E-state index in [1.54, 1.807) is 12.1 Å². The fourth-order valence-electron chi connectivity index (χ4n) is 2.55. The first-order chi connectivity index (χ1) is 13.9. The number of nitrogens with one attached hydrogen (secondary N) is 3. The minimum atomic E-state index is -0.519. The largest absolute Gasteiger partial charge is 0.484 e. The van der Waals surface area contributed by atoms with Gasteiger partial charge in [-0.25, -0.2) is 0 Å². The molecule has 29 heavy (non-hydrogen) atoms. The lowest BCUT2D eigenvalue weighted by Gasteiger charge is -2.11. The van der Waals surface area contributed by atoms with Crippen LogP contribution in [-0.2, 0) is 4.79 Å². The second kappa shape index (κ2) is 9.20. The maximum absolute atomic E-state index is 12.2. The van der Waals surface area contributed by atoms with Crippen LogP contribution in [0.5, 0.6) is 5.75 Å². The number of hydrogen-bond donors (Lipinski definition) is 3. The van der Waals surface area contributed by atoms with E-state index in [-0.39, 0.29) is 17.5 Å². The van der Waals surface area contributed by atoms with E-state index in [1.165, 1.54) is 5.56 Å². The highest BCUT2D eigenvalue weighted by Gasteiger charge is 2.14. The molecule has 150 valence electrons. The quantitative estimate of drug-likeness (QED) is 0.441. The highest BCUT2D eigenvalue weighted by molar-refractivity contribution is 7.80. The van der Waals surface area contributed by atoms with Gasteiger partial charge < -0.3 is 9.15 Å². The van der Waals surface area contributed by atoms with Gasteiger partial charge in [-0.1, -0.05) is 44.2 Å². The van der Waals surface area contributed by atoms with Crippen molar-refractivity contribution in [2.75, 3.05) is 6.61 Å². The van der Waals surface area contributed by atoms with Gasteiger partial charge in [0.2, 0.25) is 0 Å². The Morgan fingerprint density at radius 1 is 1.07 bits per heavy atom. The normalized spacial score (nSPS) is 10.6. The molecule has 0 atom stereocenters. The van der Waals surface area contributed by atoms with Crippen molar-refractivity contribution in [2.45, 2.75) is 19.8 Å². The van der Waals surface area contributed by atoms with Crippen LogP contribution in [0.3, 0.4) is 0 Å². The van der Waals surface area contributed by atoms with Gasteiger partial charge in [0, 0.05) is 5.39 Å². The summed E-state index contributed by atoms with van der Waals surface area (Å²) < 4.78 is 10.9. The number of benzene rings is 2. The summed E-state index contributed by atoms with van der Waals surface area (Å²) in [6.45, 7) is 4.00. The van der Waals surface area contributed by atoms with Crippen molar-refractivity contribution in [3.05, 3.63) is 65.9 Å². The first-order valence-corrected chi connectivity index (χ1v) is 9.44. The SMILES string of the molecule is CC(C)c1ccc(OCC(=O)NNC(=S)NC(=O)c2cc3ccccc3o2)cc1. The van der Waals surface area contributed by atoms with E-state index in [4.69, 9.17) is 21.4 Å². The molecular formula is C21H21N3O4S. The van der Waals surface area contributed by atoms with Crippen LogP contribution in [0.1, 0.15) is 35.9 Å². The van der Waals surface area contributed by atoms with Gasteiger partial charge in [0.25, 0.3) is 11.8 Å². The number of thiocarbonyl (C=S) groups is 1. The van der Waals surface area contributed by atoms with Crippen molar-refractivity contribution < 1.29 is 18.7 Å². The zero-order valence-electron chi connectivity index (χ0n) is 16.0. The summed E-state index contributed by atoms with van der Waals surface area (Å²) in [5, 5.41) is 3.18. The van der Waals surface area contributed by atoms with E-state index >= 15 is 0 Å². The van der Waals surface area contributed by atoms with E-state index in [9.17, 15) is 9.59 Å². The predicted octanol–water partition coefficient (Wildman–Crippen LogP) is 3.27. The van der Waals surface area contributed by atoms with Crippen LogP contribution in [0.2, 0.25) is 0 Å². The van der Waals surface area contributed by atoms with Crippen LogP contribution >= 0.6 is 12.2 Å². The predicted molar refractivity (Wildman–Crippen MR) is 114 cm³/mol. The van der Waals surface area contributed by atoms with E-state index in [2.05, 4.69) is 30.0 Å². The number of carbonyl (C=O) groups is 2. The number of carbonyl (C=O) groups excluding carboxylic acids is 2. The summed E-state index contributed by atoms with van der Waals surface area (Å²) in [4.78, 5) is 24.1. The first-order valence-electron chi connectivity index (χ1n) is 9.04. The fraction of sp³-hybridized carbons (Fsp3) is 0.190. The Morgan fingerprint density at radius 2 is 1.79 bits per heavy atom. The molecular weight excluding hydrogens is 390 g/mol. The standard InChI is InChI=1S/C21H21N3O4S/c1-13(2)14-7-9-16(10-8-14)27-12-19(25)23-24-21(29)22-20(26)18-11-15-5-3-4-6-17(15)28-18/h3-11,13H,12H2,1-2H3,(H,23,25)(H2,22,24,26,29). The Kier molecular flexibility index (Phi) is 6.46.